The van der Waals surface area contributed by atoms with Gasteiger partial charge in [0.1, 0.15) is 5.75 Å². The lowest BCUT2D eigenvalue weighted by Crippen LogP contribution is -1.99. The molecular weight excluding hydrogens is 380 g/mol. The van der Waals surface area contributed by atoms with Crippen molar-refractivity contribution >= 4 is 11.9 Å². The minimum atomic E-state index is 0.759. The minimum Gasteiger partial charge on any atom is -0.497 e. The van der Waals surface area contributed by atoms with Gasteiger partial charge in [-0.2, -0.15) is 0 Å². The van der Waals surface area contributed by atoms with E-state index in [2.05, 4.69) is 84.8 Å². The summed E-state index contributed by atoms with van der Waals surface area (Å²) in [5, 5.41) is 3.45. The Morgan fingerprint density at radius 3 is 2.23 bits per heavy atom. The van der Waals surface area contributed by atoms with Gasteiger partial charge in [0.05, 0.1) is 7.11 Å². The van der Waals surface area contributed by atoms with Crippen LogP contribution in [0.1, 0.15) is 50.8 Å². The molecule has 0 fully saturated rings. The Kier molecular flexibility index (Phi) is 14.0. The fourth-order valence-corrected chi connectivity index (χ4v) is 2.72. The maximum absolute atomic E-state index is 5.25. The van der Waals surface area contributed by atoms with Crippen LogP contribution in [0, 0.1) is 0 Å². The Hall–Kier alpha value is -3.07. The number of hydrogen-bond donors (Lipinski definition) is 1. The van der Waals surface area contributed by atoms with E-state index in [1.54, 1.807) is 7.11 Å². The van der Waals surface area contributed by atoms with Crippen molar-refractivity contribution in [1.29, 1.82) is 0 Å². The lowest BCUT2D eigenvalue weighted by atomic mass is 10.1. The average molecular weight is 419 g/mol. The van der Waals surface area contributed by atoms with Gasteiger partial charge < -0.3 is 10.1 Å². The van der Waals surface area contributed by atoms with Crippen LogP contribution in [0.4, 0.5) is 5.69 Å². The molecule has 0 aliphatic carbocycles. The Labute approximate surface area is 189 Å². The molecule has 0 bridgehead atoms. The van der Waals surface area contributed by atoms with E-state index in [-0.39, 0.29) is 0 Å². The van der Waals surface area contributed by atoms with Crippen LogP contribution in [-0.4, -0.2) is 19.9 Å². The molecule has 0 saturated heterocycles. The molecule has 3 rings (SSSR count). The zero-order valence-corrected chi connectivity index (χ0v) is 19.8. The quantitative estimate of drug-likeness (QED) is 0.386. The molecule has 0 atom stereocenters. The molecule has 0 heterocycles. The predicted molar refractivity (Wildman–Crippen MR) is 137 cm³/mol. The molecule has 3 aromatic rings. The summed E-state index contributed by atoms with van der Waals surface area (Å²) in [6.45, 7) is 9.83. The van der Waals surface area contributed by atoms with Gasteiger partial charge in [-0.05, 0) is 47.4 Å². The number of nitrogens with one attached hydrogen (secondary N) is 1. The molecule has 0 saturated carbocycles. The van der Waals surface area contributed by atoms with E-state index in [4.69, 9.17) is 4.74 Å². The van der Waals surface area contributed by atoms with Crippen LogP contribution in [0.25, 0.3) is 0 Å². The van der Waals surface area contributed by atoms with Crippen molar-refractivity contribution in [3.05, 3.63) is 95.6 Å². The molecule has 0 aromatic heterocycles. The van der Waals surface area contributed by atoms with E-state index < -0.39 is 0 Å². The van der Waals surface area contributed by atoms with Crippen molar-refractivity contribution in [1.82, 2.24) is 0 Å². The normalized spacial score (nSPS) is 9.84. The first kappa shape index (κ1) is 26.0. The minimum absolute atomic E-state index is 0.759. The summed E-state index contributed by atoms with van der Waals surface area (Å²) >= 11 is 0. The topological polar surface area (TPSA) is 33.6 Å². The highest BCUT2D eigenvalue weighted by atomic mass is 16.5. The molecule has 166 valence electrons. The van der Waals surface area contributed by atoms with E-state index in [1.165, 1.54) is 17.5 Å². The highest BCUT2D eigenvalue weighted by molar-refractivity contribution is 5.81. The van der Waals surface area contributed by atoms with Gasteiger partial charge in [-0.3, -0.25) is 4.99 Å². The smallest absolute Gasteiger partial charge is 0.119 e. The van der Waals surface area contributed by atoms with Crippen molar-refractivity contribution in [2.24, 2.45) is 4.99 Å². The van der Waals surface area contributed by atoms with Gasteiger partial charge in [-0.15, -0.1) is 0 Å². The molecular formula is C28H38N2O. The van der Waals surface area contributed by atoms with Gasteiger partial charge in [0.2, 0.25) is 0 Å². The molecule has 0 spiro atoms. The Balaban J connectivity index is 0.000000884. The summed E-state index contributed by atoms with van der Waals surface area (Å²) in [4.78, 5) is 4.56. The summed E-state index contributed by atoms with van der Waals surface area (Å²) in [6.07, 6.45) is 4.09. The Morgan fingerprint density at radius 1 is 0.839 bits per heavy atom. The molecule has 31 heavy (non-hydrogen) atoms. The van der Waals surface area contributed by atoms with Crippen LogP contribution >= 0.6 is 0 Å². The lowest BCUT2D eigenvalue weighted by Gasteiger charge is -2.07. The molecule has 1 N–H and O–H groups in total. The first-order valence-electron chi connectivity index (χ1n) is 11.3. The number of ether oxygens (including phenoxy) is 1. The maximum Gasteiger partial charge on any atom is 0.119 e. The number of rotatable bonds is 8. The lowest BCUT2D eigenvalue weighted by molar-refractivity contribution is 0.414. The third kappa shape index (κ3) is 11.0. The Bertz CT molecular complexity index is 860. The van der Waals surface area contributed by atoms with Gasteiger partial charge in [0.15, 0.2) is 0 Å². The summed E-state index contributed by atoms with van der Waals surface area (Å²) in [7, 11) is 1.69. The first-order valence-corrected chi connectivity index (χ1v) is 11.3. The number of anilines is 1. The van der Waals surface area contributed by atoms with Crippen molar-refractivity contribution in [3.63, 3.8) is 0 Å². The number of aliphatic imine (C=N–C) groups is 1. The first-order chi connectivity index (χ1) is 15.2. The highest BCUT2D eigenvalue weighted by Gasteiger charge is 1.97. The molecule has 3 heteroatoms. The molecule has 3 aromatic carbocycles. The van der Waals surface area contributed by atoms with Gasteiger partial charge in [-0.25, -0.2) is 0 Å². The average Bonchev–Trinajstić information content (AvgIpc) is 2.83. The van der Waals surface area contributed by atoms with Crippen molar-refractivity contribution in [3.8, 4) is 5.75 Å². The summed E-state index contributed by atoms with van der Waals surface area (Å²) < 4.78 is 5.25. The second-order valence-corrected chi connectivity index (χ2v) is 6.81. The zero-order valence-electron chi connectivity index (χ0n) is 19.8. The third-order valence-corrected chi connectivity index (χ3v) is 4.13. The standard InChI is InChI=1S/C23H24N2O.C3H8.C2H6/c1-26-23-12-6-9-19(16-23)13-14-24-17-21-10-5-11-22(15-21)25-18-20-7-3-2-4-8-20;1-3-2;1-2/h2-12,15-17,25H,13-14,18H2,1H3;3H2,1-2H3;1-2H3. The second-order valence-electron chi connectivity index (χ2n) is 6.81. The zero-order chi connectivity index (χ0) is 22.7. The monoisotopic (exact) mass is 418 g/mol. The SMILES string of the molecule is CC.CCC.COc1cccc(CCN=Cc2cccc(NCc3ccccc3)c2)c1. The van der Waals surface area contributed by atoms with Gasteiger partial charge in [0, 0.05) is 25.0 Å². The number of nitrogens with zero attached hydrogens (tertiary/aromatic N) is 1. The van der Waals surface area contributed by atoms with E-state index in [0.29, 0.717) is 0 Å². The van der Waals surface area contributed by atoms with Crippen LogP contribution in [0.2, 0.25) is 0 Å². The van der Waals surface area contributed by atoms with Crippen LogP contribution < -0.4 is 10.1 Å². The van der Waals surface area contributed by atoms with E-state index in [1.807, 2.05) is 38.3 Å². The van der Waals surface area contributed by atoms with Crippen LogP contribution in [-0.2, 0) is 13.0 Å². The van der Waals surface area contributed by atoms with Crippen molar-refractivity contribution < 1.29 is 4.74 Å². The fraction of sp³-hybridized carbons (Fsp3) is 0.321. The predicted octanol–water partition coefficient (Wildman–Crippen LogP) is 7.41. The fourth-order valence-electron chi connectivity index (χ4n) is 2.72. The highest BCUT2D eigenvalue weighted by Crippen LogP contribution is 2.13. The Morgan fingerprint density at radius 2 is 1.52 bits per heavy atom. The van der Waals surface area contributed by atoms with Crippen LogP contribution in [0.3, 0.4) is 0 Å². The van der Waals surface area contributed by atoms with Gasteiger partial charge in [0.25, 0.3) is 0 Å². The molecule has 0 unspecified atom stereocenters. The summed E-state index contributed by atoms with van der Waals surface area (Å²) in [5.41, 5.74) is 4.71. The van der Waals surface area contributed by atoms with E-state index in [0.717, 1.165) is 36.5 Å². The van der Waals surface area contributed by atoms with Crippen molar-refractivity contribution in [2.75, 3.05) is 19.0 Å². The number of hydrogen-bond acceptors (Lipinski definition) is 3. The van der Waals surface area contributed by atoms with Crippen LogP contribution in [0.5, 0.6) is 5.75 Å². The summed E-state index contributed by atoms with van der Waals surface area (Å²) in [5.74, 6) is 0.892. The van der Waals surface area contributed by atoms with E-state index in [9.17, 15) is 0 Å². The van der Waals surface area contributed by atoms with Crippen LogP contribution in [0.15, 0.2) is 83.9 Å². The number of methoxy groups -OCH3 is 1. The molecule has 0 radical (unpaired) electrons. The number of benzene rings is 3. The largest absolute Gasteiger partial charge is 0.497 e. The molecule has 3 nitrogen and oxygen atoms in total. The maximum atomic E-state index is 5.25. The molecule has 0 amide bonds. The molecule has 0 aliphatic heterocycles. The van der Waals surface area contributed by atoms with Gasteiger partial charge >= 0.3 is 0 Å². The van der Waals surface area contributed by atoms with E-state index >= 15 is 0 Å². The summed E-state index contributed by atoms with van der Waals surface area (Å²) in [6, 6.07) is 26.9. The third-order valence-electron chi connectivity index (χ3n) is 4.13. The van der Waals surface area contributed by atoms with Gasteiger partial charge in [-0.1, -0.05) is 88.7 Å². The second kappa shape index (κ2) is 16.7. The van der Waals surface area contributed by atoms with Crippen molar-refractivity contribution in [2.45, 2.75) is 47.1 Å². The molecule has 0 aliphatic rings.